The molecule has 0 amide bonds. The summed E-state index contributed by atoms with van der Waals surface area (Å²) in [6, 6.07) is 11.2. The van der Waals surface area contributed by atoms with E-state index < -0.39 is 0 Å². The van der Waals surface area contributed by atoms with Gasteiger partial charge in [-0.25, -0.2) is 0 Å². The average Bonchev–Trinajstić information content (AvgIpc) is 3.18. The number of hydrogen-bond donors (Lipinski definition) is 2. The molecule has 2 heteroatoms. The van der Waals surface area contributed by atoms with Gasteiger partial charge >= 0.3 is 0 Å². The molecule has 3 aliphatic carbocycles. The van der Waals surface area contributed by atoms with Gasteiger partial charge in [0.15, 0.2) is 0 Å². The molecule has 6 atom stereocenters. The smallest absolute Gasteiger partial charge is 0.0626 e. The van der Waals surface area contributed by atoms with Crippen LogP contribution in [0.3, 0.4) is 0 Å². The summed E-state index contributed by atoms with van der Waals surface area (Å²) in [5, 5.41) is 13.5. The molecule has 0 spiro atoms. The monoisotopic (exact) mass is 271 g/mol. The van der Waals surface area contributed by atoms with Crippen LogP contribution < -0.4 is 5.32 Å². The molecule has 0 heterocycles. The number of hydrogen-bond acceptors (Lipinski definition) is 2. The molecule has 2 bridgehead atoms. The highest BCUT2D eigenvalue weighted by atomic mass is 16.3. The Morgan fingerprint density at radius 2 is 1.85 bits per heavy atom. The topological polar surface area (TPSA) is 32.3 Å². The SMILES string of the molecule is OC[C@H](N[C@@H]1C[C@H]2C[C@H]1[C@@H]1CCC[C@H]21)c1ccccc1. The first-order valence-electron chi connectivity index (χ1n) is 8.28. The summed E-state index contributed by atoms with van der Waals surface area (Å²) >= 11 is 0. The molecule has 0 radical (unpaired) electrons. The number of aliphatic hydroxyl groups excluding tert-OH is 1. The van der Waals surface area contributed by atoms with E-state index in [4.69, 9.17) is 0 Å². The predicted molar refractivity (Wildman–Crippen MR) is 80.2 cm³/mol. The average molecular weight is 271 g/mol. The van der Waals surface area contributed by atoms with Gasteiger partial charge in [0.2, 0.25) is 0 Å². The maximum atomic E-state index is 9.73. The summed E-state index contributed by atoms with van der Waals surface area (Å²) in [7, 11) is 0. The Hall–Kier alpha value is -0.860. The Kier molecular flexibility index (Phi) is 3.31. The van der Waals surface area contributed by atoms with Crippen molar-refractivity contribution in [1.82, 2.24) is 5.32 Å². The minimum absolute atomic E-state index is 0.111. The molecule has 3 aliphatic rings. The minimum atomic E-state index is 0.111. The van der Waals surface area contributed by atoms with Crippen molar-refractivity contribution < 1.29 is 5.11 Å². The molecule has 1 aromatic rings. The van der Waals surface area contributed by atoms with Gasteiger partial charge in [0.25, 0.3) is 0 Å². The highest BCUT2D eigenvalue weighted by molar-refractivity contribution is 5.19. The molecule has 2 N–H and O–H groups in total. The summed E-state index contributed by atoms with van der Waals surface area (Å²) < 4.78 is 0. The summed E-state index contributed by atoms with van der Waals surface area (Å²) in [5.41, 5.74) is 1.22. The van der Waals surface area contributed by atoms with E-state index in [0.29, 0.717) is 6.04 Å². The van der Waals surface area contributed by atoms with Crippen LogP contribution in [0.5, 0.6) is 0 Å². The second-order valence-electron chi connectivity index (χ2n) is 7.07. The largest absolute Gasteiger partial charge is 0.394 e. The summed E-state index contributed by atoms with van der Waals surface area (Å²) in [6.07, 6.45) is 7.19. The van der Waals surface area contributed by atoms with Crippen LogP contribution in [0.2, 0.25) is 0 Å². The third-order valence-electron chi connectivity index (χ3n) is 6.23. The summed E-state index contributed by atoms with van der Waals surface area (Å²) in [6.45, 7) is 0.200. The second kappa shape index (κ2) is 5.16. The van der Waals surface area contributed by atoms with E-state index in [1.807, 2.05) is 6.07 Å². The highest BCUT2D eigenvalue weighted by Gasteiger charge is 2.53. The molecular formula is C18H25NO. The van der Waals surface area contributed by atoms with Gasteiger partial charge in [-0.1, -0.05) is 36.8 Å². The van der Waals surface area contributed by atoms with Crippen LogP contribution >= 0.6 is 0 Å². The molecule has 0 saturated heterocycles. The van der Waals surface area contributed by atoms with Crippen LogP contribution in [0.4, 0.5) is 0 Å². The fourth-order valence-corrected chi connectivity index (χ4v) is 5.46. The number of rotatable bonds is 4. The number of benzene rings is 1. The van der Waals surface area contributed by atoms with Crippen molar-refractivity contribution in [2.45, 2.75) is 44.2 Å². The van der Waals surface area contributed by atoms with E-state index in [1.165, 1.54) is 37.7 Å². The Morgan fingerprint density at radius 3 is 2.65 bits per heavy atom. The lowest BCUT2D eigenvalue weighted by Gasteiger charge is -2.34. The lowest BCUT2D eigenvalue weighted by atomic mass is 9.79. The molecule has 20 heavy (non-hydrogen) atoms. The number of aliphatic hydroxyl groups is 1. The van der Waals surface area contributed by atoms with E-state index in [1.54, 1.807) is 0 Å². The molecule has 0 aromatic heterocycles. The van der Waals surface area contributed by atoms with Crippen molar-refractivity contribution in [3.05, 3.63) is 35.9 Å². The van der Waals surface area contributed by atoms with E-state index in [0.717, 1.165) is 23.7 Å². The standard InChI is InChI=1S/C18H25NO/c20-11-18(12-5-2-1-3-6-12)19-17-10-13-9-16(17)15-8-4-7-14(13)15/h1-3,5-6,13-20H,4,7-11H2/t13-,14-,15-,16+,17-,18+/m1/s1. The van der Waals surface area contributed by atoms with Crippen LogP contribution in [-0.2, 0) is 0 Å². The normalized spacial score (nSPS) is 40.0. The first-order valence-corrected chi connectivity index (χ1v) is 8.28. The number of nitrogens with one attached hydrogen (secondary N) is 1. The first-order chi connectivity index (χ1) is 9.86. The molecule has 1 aromatic carbocycles. The van der Waals surface area contributed by atoms with Gasteiger partial charge in [-0.15, -0.1) is 0 Å². The van der Waals surface area contributed by atoms with Crippen LogP contribution in [0.25, 0.3) is 0 Å². The van der Waals surface area contributed by atoms with Gasteiger partial charge in [0.1, 0.15) is 0 Å². The molecular weight excluding hydrogens is 246 g/mol. The van der Waals surface area contributed by atoms with Crippen LogP contribution in [-0.4, -0.2) is 17.8 Å². The van der Waals surface area contributed by atoms with Gasteiger partial charge in [-0.2, -0.15) is 0 Å². The van der Waals surface area contributed by atoms with E-state index in [2.05, 4.69) is 29.6 Å². The van der Waals surface area contributed by atoms with E-state index >= 15 is 0 Å². The maximum absolute atomic E-state index is 9.73. The quantitative estimate of drug-likeness (QED) is 0.882. The van der Waals surface area contributed by atoms with Gasteiger partial charge in [0.05, 0.1) is 12.6 Å². The van der Waals surface area contributed by atoms with Crippen LogP contribution in [0.1, 0.15) is 43.7 Å². The Bertz CT molecular complexity index is 460. The molecule has 3 saturated carbocycles. The van der Waals surface area contributed by atoms with Crippen LogP contribution in [0.15, 0.2) is 30.3 Å². The lowest BCUT2D eigenvalue weighted by molar-refractivity contribution is 0.171. The molecule has 0 aliphatic heterocycles. The van der Waals surface area contributed by atoms with Crippen molar-refractivity contribution >= 4 is 0 Å². The van der Waals surface area contributed by atoms with Gasteiger partial charge < -0.3 is 10.4 Å². The Labute approximate surface area is 121 Å². The minimum Gasteiger partial charge on any atom is -0.394 e. The summed E-state index contributed by atoms with van der Waals surface area (Å²) in [5.74, 6) is 3.88. The van der Waals surface area contributed by atoms with Crippen molar-refractivity contribution in [2.75, 3.05) is 6.61 Å². The Balaban J connectivity index is 1.47. The molecule has 0 unspecified atom stereocenters. The third-order valence-corrected chi connectivity index (χ3v) is 6.23. The first kappa shape index (κ1) is 12.8. The lowest BCUT2D eigenvalue weighted by Crippen LogP contribution is -2.42. The van der Waals surface area contributed by atoms with Crippen molar-refractivity contribution in [3.63, 3.8) is 0 Å². The predicted octanol–water partition coefficient (Wildman–Crippen LogP) is 3.13. The zero-order valence-electron chi connectivity index (χ0n) is 12.0. The molecule has 3 fully saturated rings. The van der Waals surface area contributed by atoms with Gasteiger partial charge in [-0.05, 0) is 54.9 Å². The zero-order valence-corrected chi connectivity index (χ0v) is 12.0. The highest BCUT2D eigenvalue weighted by Crippen LogP contribution is 2.58. The van der Waals surface area contributed by atoms with E-state index in [-0.39, 0.29) is 12.6 Å². The van der Waals surface area contributed by atoms with E-state index in [9.17, 15) is 5.11 Å². The van der Waals surface area contributed by atoms with Crippen LogP contribution in [0, 0.1) is 23.7 Å². The Morgan fingerprint density at radius 1 is 1.05 bits per heavy atom. The van der Waals surface area contributed by atoms with Crippen molar-refractivity contribution in [2.24, 2.45) is 23.7 Å². The summed E-state index contributed by atoms with van der Waals surface area (Å²) in [4.78, 5) is 0. The maximum Gasteiger partial charge on any atom is 0.0626 e. The zero-order chi connectivity index (χ0) is 13.5. The van der Waals surface area contributed by atoms with Gasteiger partial charge in [-0.3, -0.25) is 0 Å². The van der Waals surface area contributed by atoms with Crippen molar-refractivity contribution in [3.8, 4) is 0 Å². The molecule has 4 rings (SSSR count). The third kappa shape index (κ3) is 2.01. The second-order valence-corrected chi connectivity index (χ2v) is 7.07. The van der Waals surface area contributed by atoms with Crippen molar-refractivity contribution in [1.29, 1.82) is 0 Å². The molecule has 2 nitrogen and oxygen atoms in total. The number of fused-ring (bicyclic) bond motifs is 5. The molecule has 108 valence electrons. The van der Waals surface area contributed by atoms with Gasteiger partial charge in [0, 0.05) is 6.04 Å². The fraction of sp³-hybridized carbons (Fsp3) is 0.667. The fourth-order valence-electron chi connectivity index (χ4n) is 5.46.